The Balaban J connectivity index is 2.08. The van der Waals surface area contributed by atoms with Gasteiger partial charge in [-0.05, 0) is 59.3 Å². The van der Waals surface area contributed by atoms with Crippen LogP contribution in [0.15, 0.2) is 22.7 Å². The van der Waals surface area contributed by atoms with Crippen LogP contribution in [0.1, 0.15) is 25.3 Å². The molecule has 0 spiro atoms. The largest absolute Gasteiger partial charge is 0.314 e. The minimum absolute atomic E-state index is 0.163. The summed E-state index contributed by atoms with van der Waals surface area (Å²) in [5.41, 5.74) is 1.07. The SMILES string of the molecule is CCNC(Cc1cccc(F)c1Br)C1CC1. The molecule has 88 valence electrons. The van der Waals surface area contributed by atoms with Crippen LogP contribution in [0.2, 0.25) is 0 Å². The van der Waals surface area contributed by atoms with E-state index < -0.39 is 0 Å². The van der Waals surface area contributed by atoms with Gasteiger partial charge in [0.25, 0.3) is 0 Å². The highest BCUT2D eigenvalue weighted by Crippen LogP contribution is 2.35. The number of benzene rings is 1. The molecular formula is C13H17BrFN. The number of likely N-dealkylation sites (N-methyl/N-ethyl adjacent to an activating group) is 1. The highest BCUT2D eigenvalue weighted by atomic mass is 79.9. The molecule has 1 aliphatic carbocycles. The lowest BCUT2D eigenvalue weighted by Gasteiger charge is -2.18. The zero-order chi connectivity index (χ0) is 11.5. The third kappa shape index (κ3) is 2.83. The molecule has 1 aliphatic rings. The molecule has 1 aromatic rings. The fraction of sp³-hybridized carbons (Fsp3) is 0.538. The second kappa shape index (κ2) is 5.28. The molecule has 0 heterocycles. The first-order valence-corrected chi connectivity index (χ1v) is 6.68. The van der Waals surface area contributed by atoms with Crippen LogP contribution in [0.4, 0.5) is 4.39 Å². The lowest BCUT2D eigenvalue weighted by molar-refractivity contribution is 0.470. The molecule has 2 rings (SSSR count). The van der Waals surface area contributed by atoms with Crippen LogP contribution in [-0.2, 0) is 6.42 Å². The Morgan fingerprint density at radius 3 is 2.88 bits per heavy atom. The molecule has 1 atom stereocenters. The first-order chi connectivity index (χ1) is 7.72. The number of nitrogens with one attached hydrogen (secondary N) is 1. The average Bonchev–Trinajstić information content (AvgIpc) is 3.07. The Hall–Kier alpha value is -0.410. The van der Waals surface area contributed by atoms with Crippen molar-refractivity contribution >= 4 is 15.9 Å². The number of rotatable bonds is 5. The predicted molar refractivity (Wildman–Crippen MR) is 68.0 cm³/mol. The van der Waals surface area contributed by atoms with Gasteiger partial charge in [0, 0.05) is 6.04 Å². The van der Waals surface area contributed by atoms with Gasteiger partial charge in [0.05, 0.1) is 4.47 Å². The van der Waals surface area contributed by atoms with E-state index in [1.54, 1.807) is 6.07 Å². The van der Waals surface area contributed by atoms with Crippen LogP contribution in [0.25, 0.3) is 0 Å². The van der Waals surface area contributed by atoms with Crippen molar-refractivity contribution in [2.75, 3.05) is 6.54 Å². The summed E-state index contributed by atoms with van der Waals surface area (Å²) in [4.78, 5) is 0. The Morgan fingerprint density at radius 1 is 1.50 bits per heavy atom. The maximum atomic E-state index is 13.4. The predicted octanol–water partition coefficient (Wildman–Crippen LogP) is 3.52. The molecule has 1 unspecified atom stereocenters. The Bertz CT molecular complexity index is 363. The maximum Gasteiger partial charge on any atom is 0.137 e. The topological polar surface area (TPSA) is 12.0 Å². The van der Waals surface area contributed by atoms with Crippen molar-refractivity contribution in [2.45, 2.75) is 32.2 Å². The van der Waals surface area contributed by atoms with E-state index in [0.29, 0.717) is 10.5 Å². The van der Waals surface area contributed by atoms with E-state index in [1.165, 1.54) is 18.9 Å². The highest BCUT2D eigenvalue weighted by molar-refractivity contribution is 9.10. The van der Waals surface area contributed by atoms with E-state index >= 15 is 0 Å². The summed E-state index contributed by atoms with van der Waals surface area (Å²) in [6.07, 6.45) is 3.53. The normalized spacial score (nSPS) is 17.4. The van der Waals surface area contributed by atoms with E-state index in [1.807, 2.05) is 6.07 Å². The van der Waals surface area contributed by atoms with Crippen molar-refractivity contribution < 1.29 is 4.39 Å². The van der Waals surface area contributed by atoms with Crippen molar-refractivity contribution in [3.63, 3.8) is 0 Å². The molecule has 0 radical (unpaired) electrons. The molecular weight excluding hydrogens is 269 g/mol. The first kappa shape index (κ1) is 12.1. The lowest BCUT2D eigenvalue weighted by Crippen LogP contribution is -2.33. The van der Waals surface area contributed by atoms with Gasteiger partial charge in [-0.15, -0.1) is 0 Å². The standard InChI is InChI=1S/C13H17BrFN/c1-2-16-12(9-6-7-9)8-10-4-3-5-11(15)13(10)14/h3-5,9,12,16H,2,6-8H2,1H3. The van der Waals surface area contributed by atoms with Gasteiger partial charge in [0.15, 0.2) is 0 Å². The molecule has 3 heteroatoms. The van der Waals surface area contributed by atoms with Crippen LogP contribution in [-0.4, -0.2) is 12.6 Å². The molecule has 1 saturated carbocycles. The third-order valence-electron chi connectivity index (χ3n) is 3.13. The molecule has 0 saturated heterocycles. The van der Waals surface area contributed by atoms with E-state index in [0.717, 1.165) is 24.4 Å². The molecule has 0 aromatic heterocycles. The van der Waals surface area contributed by atoms with Gasteiger partial charge in [-0.25, -0.2) is 4.39 Å². The zero-order valence-electron chi connectivity index (χ0n) is 9.47. The summed E-state index contributed by atoms with van der Waals surface area (Å²) in [5, 5.41) is 3.50. The van der Waals surface area contributed by atoms with Gasteiger partial charge < -0.3 is 5.32 Å². The third-order valence-corrected chi connectivity index (χ3v) is 4.02. The van der Waals surface area contributed by atoms with Gasteiger partial charge in [-0.2, -0.15) is 0 Å². The van der Waals surface area contributed by atoms with Crippen LogP contribution in [0.5, 0.6) is 0 Å². The van der Waals surface area contributed by atoms with Gasteiger partial charge >= 0.3 is 0 Å². The van der Waals surface area contributed by atoms with Crippen molar-refractivity contribution in [1.29, 1.82) is 0 Å². The zero-order valence-corrected chi connectivity index (χ0v) is 11.1. The molecule has 0 bridgehead atoms. The fourth-order valence-electron chi connectivity index (χ4n) is 2.11. The quantitative estimate of drug-likeness (QED) is 0.873. The van der Waals surface area contributed by atoms with E-state index in [2.05, 4.69) is 28.2 Å². The van der Waals surface area contributed by atoms with Crippen LogP contribution in [0.3, 0.4) is 0 Å². The Morgan fingerprint density at radius 2 is 2.25 bits per heavy atom. The summed E-state index contributed by atoms with van der Waals surface area (Å²) < 4.78 is 14.0. The van der Waals surface area contributed by atoms with Crippen molar-refractivity contribution in [2.24, 2.45) is 5.92 Å². The van der Waals surface area contributed by atoms with Gasteiger partial charge in [0.1, 0.15) is 5.82 Å². The molecule has 16 heavy (non-hydrogen) atoms. The summed E-state index contributed by atoms with van der Waals surface area (Å²) >= 11 is 3.33. The van der Waals surface area contributed by atoms with Gasteiger partial charge in [-0.3, -0.25) is 0 Å². The van der Waals surface area contributed by atoms with Crippen molar-refractivity contribution in [3.8, 4) is 0 Å². The van der Waals surface area contributed by atoms with E-state index in [4.69, 9.17) is 0 Å². The fourth-order valence-corrected chi connectivity index (χ4v) is 2.54. The number of hydrogen-bond donors (Lipinski definition) is 1. The molecule has 1 N–H and O–H groups in total. The monoisotopic (exact) mass is 285 g/mol. The van der Waals surface area contributed by atoms with Gasteiger partial charge in [0.2, 0.25) is 0 Å². The minimum Gasteiger partial charge on any atom is -0.314 e. The summed E-state index contributed by atoms with van der Waals surface area (Å²) in [7, 11) is 0. The summed E-state index contributed by atoms with van der Waals surface area (Å²) in [5.74, 6) is 0.624. The number of hydrogen-bond acceptors (Lipinski definition) is 1. The second-order valence-corrected chi connectivity index (χ2v) is 5.21. The van der Waals surface area contributed by atoms with Crippen molar-refractivity contribution in [3.05, 3.63) is 34.1 Å². The molecule has 1 nitrogen and oxygen atoms in total. The van der Waals surface area contributed by atoms with Crippen molar-refractivity contribution in [1.82, 2.24) is 5.32 Å². The molecule has 0 aliphatic heterocycles. The van der Waals surface area contributed by atoms with Crippen LogP contribution >= 0.6 is 15.9 Å². The molecule has 0 amide bonds. The highest BCUT2D eigenvalue weighted by Gasteiger charge is 2.30. The van der Waals surface area contributed by atoms with Crippen LogP contribution < -0.4 is 5.32 Å². The van der Waals surface area contributed by atoms with E-state index in [9.17, 15) is 4.39 Å². The summed E-state index contributed by atoms with van der Waals surface area (Å²) in [6, 6.07) is 5.78. The Labute approximate surface area is 105 Å². The lowest BCUT2D eigenvalue weighted by atomic mass is 10.0. The molecule has 1 aromatic carbocycles. The van der Waals surface area contributed by atoms with E-state index in [-0.39, 0.29) is 5.82 Å². The van der Waals surface area contributed by atoms with Gasteiger partial charge in [-0.1, -0.05) is 19.1 Å². The minimum atomic E-state index is -0.163. The number of halogens is 2. The smallest absolute Gasteiger partial charge is 0.137 e. The average molecular weight is 286 g/mol. The maximum absolute atomic E-state index is 13.4. The molecule has 1 fully saturated rings. The summed E-state index contributed by atoms with van der Waals surface area (Å²) in [6.45, 7) is 3.10. The Kier molecular flexibility index (Phi) is 3.98. The first-order valence-electron chi connectivity index (χ1n) is 5.88. The second-order valence-electron chi connectivity index (χ2n) is 4.42. The van der Waals surface area contributed by atoms with Crippen LogP contribution in [0, 0.1) is 11.7 Å².